The third-order valence-corrected chi connectivity index (χ3v) is 4.76. The summed E-state index contributed by atoms with van der Waals surface area (Å²) >= 11 is 0. The lowest BCUT2D eigenvalue weighted by molar-refractivity contribution is -0.138. The van der Waals surface area contributed by atoms with Gasteiger partial charge in [-0.1, -0.05) is 6.42 Å². The van der Waals surface area contributed by atoms with Gasteiger partial charge in [0.05, 0.1) is 12.7 Å². The quantitative estimate of drug-likeness (QED) is 0.844. The number of aromatic nitrogens is 2. The summed E-state index contributed by atoms with van der Waals surface area (Å²) in [6.07, 6.45) is 8.54. The maximum absolute atomic E-state index is 12.3. The summed E-state index contributed by atoms with van der Waals surface area (Å²) < 4.78 is 2.01. The van der Waals surface area contributed by atoms with E-state index in [0.29, 0.717) is 11.8 Å². The Morgan fingerprint density at radius 1 is 1.19 bits per heavy atom. The molecule has 5 heteroatoms. The smallest absolute Gasteiger partial charge is 0.225 e. The summed E-state index contributed by atoms with van der Waals surface area (Å²) in [7, 11) is 0. The number of carbonyl (C=O) groups is 1. The fourth-order valence-electron chi connectivity index (χ4n) is 3.16. The van der Waals surface area contributed by atoms with E-state index in [2.05, 4.69) is 28.0 Å². The molecule has 116 valence electrons. The average Bonchev–Trinajstić information content (AvgIpc) is 2.69. The molecule has 2 aliphatic rings. The van der Waals surface area contributed by atoms with Crippen molar-refractivity contribution in [1.29, 1.82) is 0 Å². The molecule has 1 saturated carbocycles. The lowest BCUT2D eigenvalue weighted by Crippen LogP contribution is -2.41. The summed E-state index contributed by atoms with van der Waals surface area (Å²) in [4.78, 5) is 16.9. The van der Waals surface area contributed by atoms with Gasteiger partial charge in [0.15, 0.2) is 0 Å². The zero-order valence-electron chi connectivity index (χ0n) is 13.0. The highest BCUT2D eigenvalue weighted by atomic mass is 16.2. The summed E-state index contributed by atoms with van der Waals surface area (Å²) in [5.41, 5.74) is 1.21. The third kappa shape index (κ3) is 3.64. The molecule has 2 fully saturated rings. The molecule has 0 radical (unpaired) electrons. The summed E-state index contributed by atoms with van der Waals surface area (Å²) in [5, 5.41) is 4.33. The zero-order valence-corrected chi connectivity index (χ0v) is 13.0. The van der Waals surface area contributed by atoms with E-state index in [0.717, 1.165) is 58.5 Å². The summed E-state index contributed by atoms with van der Waals surface area (Å²) in [6, 6.07) is 0. The number of aryl methyl sites for hydroxylation is 1. The van der Waals surface area contributed by atoms with Gasteiger partial charge in [-0.15, -0.1) is 0 Å². The predicted molar refractivity (Wildman–Crippen MR) is 81.9 cm³/mol. The number of carbonyl (C=O) groups excluding carboxylic acids is 1. The minimum absolute atomic E-state index is 0.337. The first-order chi connectivity index (χ1) is 10.2. The molecule has 0 bridgehead atoms. The standard InChI is InChI=1S/C16H26N4O/c1-14-12-17-20(13-14)11-9-18-6-3-7-19(10-8-18)16(21)15-4-2-5-15/h12-13,15H,2-11H2,1H3. The van der Waals surface area contributed by atoms with Crippen LogP contribution >= 0.6 is 0 Å². The van der Waals surface area contributed by atoms with Crippen LogP contribution in [-0.2, 0) is 11.3 Å². The minimum atomic E-state index is 0.337. The van der Waals surface area contributed by atoms with Crippen molar-refractivity contribution in [3.05, 3.63) is 18.0 Å². The first-order valence-electron chi connectivity index (χ1n) is 8.22. The van der Waals surface area contributed by atoms with E-state index in [4.69, 9.17) is 0 Å². The van der Waals surface area contributed by atoms with E-state index in [1.165, 1.54) is 12.0 Å². The number of amides is 1. The van der Waals surface area contributed by atoms with E-state index in [9.17, 15) is 4.79 Å². The van der Waals surface area contributed by atoms with Gasteiger partial charge in [-0.3, -0.25) is 14.4 Å². The van der Waals surface area contributed by atoms with Crippen molar-refractivity contribution >= 4 is 5.91 Å². The summed E-state index contributed by atoms with van der Waals surface area (Å²) in [6.45, 7) is 7.95. The lowest BCUT2D eigenvalue weighted by atomic mass is 9.84. The molecule has 1 aromatic heterocycles. The fourth-order valence-corrected chi connectivity index (χ4v) is 3.16. The minimum Gasteiger partial charge on any atom is -0.341 e. The predicted octanol–water partition coefficient (Wildman–Crippen LogP) is 1.53. The van der Waals surface area contributed by atoms with Gasteiger partial charge >= 0.3 is 0 Å². The Bertz CT molecular complexity index is 480. The third-order valence-electron chi connectivity index (χ3n) is 4.76. The van der Waals surface area contributed by atoms with Crippen molar-refractivity contribution in [2.75, 3.05) is 32.7 Å². The van der Waals surface area contributed by atoms with Crippen molar-refractivity contribution < 1.29 is 4.79 Å². The van der Waals surface area contributed by atoms with Gasteiger partial charge in [-0.25, -0.2) is 0 Å². The monoisotopic (exact) mass is 290 g/mol. The molecule has 1 aliphatic carbocycles. The van der Waals surface area contributed by atoms with Crippen LogP contribution in [0.15, 0.2) is 12.4 Å². The van der Waals surface area contributed by atoms with Crippen LogP contribution in [0.4, 0.5) is 0 Å². The normalized spacial score (nSPS) is 21.1. The number of hydrogen-bond donors (Lipinski definition) is 0. The Balaban J connectivity index is 1.45. The van der Waals surface area contributed by atoms with Gasteiger partial charge in [-0.05, 0) is 38.3 Å². The highest BCUT2D eigenvalue weighted by Crippen LogP contribution is 2.28. The first kappa shape index (κ1) is 14.6. The van der Waals surface area contributed by atoms with Crippen LogP contribution < -0.4 is 0 Å². The Morgan fingerprint density at radius 3 is 2.71 bits per heavy atom. The molecule has 3 rings (SSSR count). The van der Waals surface area contributed by atoms with Gasteiger partial charge in [0.25, 0.3) is 0 Å². The molecule has 5 nitrogen and oxygen atoms in total. The Kier molecular flexibility index (Phi) is 4.58. The van der Waals surface area contributed by atoms with Crippen LogP contribution in [0.2, 0.25) is 0 Å². The van der Waals surface area contributed by atoms with Crippen molar-refractivity contribution in [1.82, 2.24) is 19.6 Å². The molecule has 21 heavy (non-hydrogen) atoms. The van der Waals surface area contributed by atoms with Crippen molar-refractivity contribution in [2.45, 2.75) is 39.2 Å². The van der Waals surface area contributed by atoms with Crippen molar-refractivity contribution in [2.24, 2.45) is 5.92 Å². The highest BCUT2D eigenvalue weighted by Gasteiger charge is 2.30. The van der Waals surface area contributed by atoms with E-state index < -0.39 is 0 Å². The molecule has 0 spiro atoms. The van der Waals surface area contributed by atoms with Crippen LogP contribution in [0.25, 0.3) is 0 Å². The van der Waals surface area contributed by atoms with Crippen LogP contribution in [0, 0.1) is 12.8 Å². The van der Waals surface area contributed by atoms with Gasteiger partial charge < -0.3 is 4.90 Å². The number of nitrogens with zero attached hydrogens (tertiary/aromatic N) is 4. The van der Waals surface area contributed by atoms with Gasteiger partial charge in [0, 0.05) is 38.3 Å². The average molecular weight is 290 g/mol. The topological polar surface area (TPSA) is 41.4 Å². The van der Waals surface area contributed by atoms with Crippen molar-refractivity contribution in [3.8, 4) is 0 Å². The van der Waals surface area contributed by atoms with E-state index in [1.807, 2.05) is 10.9 Å². The molecular formula is C16H26N4O. The first-order valence-corrected chi connectivity index (χ1v) is 8.22. The molecule has 0 aromatic carbocycles. The van der Waals surface area contributed by atoms with E-state index in [-0.39, 0.29) is 0 Å². The highest BCUT2D eigenvalue weighted by molar-refractivity contribution is 5.79. The maximum Gasteiger partial charge on any atom is 0.225 e. The fraction of sp³-hybridized carbons (Fsp3) is 0.750. The van der Waals surface area contributed by atoms with Crippen LogP contribution in [-0.4, -0.2) is 58.2 Å². The van der Waals surface area contributed by atoms with E-state index in [1.54, 1.807) is 0 Å². The Labute approximate surface area is 126 Å². The molecule has 1 aliphatic heterocycles. The van der Waals surface area contributed by atoms with Crippen LogP contribution in [0.5, 0.6) is 0 Å². The SMILES string of the molecule is Cc1cnn(CCN2CCCN(C(=O)C3CCC3)CC2)c1. The van der Waals surface area contributed by atoms with Gasteiger partial charge in [0.2, 0.25) is 5.91 Å². The van der Waals surface area contributed by atoms with Crippen LogP contribution in [0.1, 0.15) is 31.2 Å². The van der Waals surface area contributed by atoms with Crippen molar-refractivity contribution in [3.63, 3.8) is 0 Å². The van der Waals surface area contributed by atoms with Gasteiger partial charge in [0.1, 0.15) is 0 Å². The molecule has 0 atom stereocenters. The van der Waals surface area contributed by atoms with E-state index >= 15 is 0 Å². The molecule has 1 amide bonds. The Hall–Kier alpha value is -1.36. The second kappa shape index (κ2) is 6.60. The van der Waals surface area contributed by atoms with Crippen LogP contribution in [0.3, 0.4) is 0 Å². The molecule has 0 N–H and O–H groups in total. The molecule has 2 heterocycles. The number of hydrogen-bond acceptors (Lipinski definition) is 3. The summed E-state index contributed by atoms with van der Waals surface area (Å²) in [5.74, 6) is 0.745. The van der Waals surface area contributed by atoms with Gasteiger partial charge in [-0.2, -0.15) is 5.10 Å². The maximum atomic E-state index is 12.3. The zero-order chi connectivity index (χ0) is 14.7. The molecule has 1 saturated heterocycles. The lowest BCUT2D eigenvalue weighted by Gasteiger charge is -2.31. The molecule has 0 unspecified atom stereocenters. The second-order valence-electron chi connectivity index (χ2n) is 6.43. The second-order valence-corrected chi connectivity index (χ2v) is 6.43. The molecular weight excluding hydrogens is 264 g/mol. The number of rotatable bonds is 4. The Morgan fingerprint density at radius 2 is 2.05 bits per heavy atom. The molecule has 1 aromatic rings. The largest absolute Gasteiger partial charge is 0.341 e.